The third kappa shape index (κ3) is 5.11. The van der Waals surface area contributed by atoms with E-state index in [-0.39, 0.29) is 6.04 Å². The lowest BCUT2D eigenvalue weighted by atomic mass is 9.96. The molecule has 6 heteroatoms. The number of hydrogen-bond donors (Lipinski definition) is 2. The van der Waals surface area contributed by atoms with Gasteiger partial charge in [0.15, 0.2) is 0 Å². The van der Waals surface area contributed by atoms with Crippen molar-refractivity contribution >= 4 is 0 Å². The minimum absolute atomic E-state index is 0.0825. The number of aliphatic hydroxyl groups is 1. The number of nitrogens with zero attached hydrogens (tertiary/aromatic N) is 3. The summed E-state index contributed by atoms with van der Waals surface area (Å²) >= 11 is 0. The third-order valence-corrected chi connectivity index (χ3v) is 4.95. The zero-order valence-electron chi connectivity index (χ0n) is 15.1. The van der Waals surface area contributed by atoms with Gasteiger partial charge in [0, 0.05) is 13.5 Å². The van der Waals surface area contributed by atoms with Crippen molar-refractivity contribution < 1.29 is 9.52 Å². The molecule has 1 aromatic carbocycles. The summed E-state index contributed by atoms with van der Waals surface area (Å²) in [5.74, 6) is 1.91. The van der Waals surface area contributed by atoms with Gasteiger partial charge in [-0.3, -0.25) is 0 Å². The van der Waals surface area contributed by atoms with Gasteiger partial charge < -0.3 is 19.7 Å². The van der Waals surface area contributed by atoms with Crippen LogP contribution in [0.4, 0.5) is 0 Å². The second-order valence-corrected chi connectivity index (χ2v) is 6.96. The predicted octanol–water partition coefficient (Wildman–Crippen LogP) is 2.47. The summed E-state index contributed by atoms with van der Waals surface area (Å²) in [4.78, 5) is 2.36. The number of benzene rings is 1. The first kappa shape index (κ1) is 18.0. The lowest BCUT2D eigenvalue weighted by molar-refractivity contribution is 0.0886. The molecular weight excluding hydrogens is 316 g/mol. The number of nitrogens with one attached hydrogen (secondary N) is 1. The van der Waals surface area contributed by atoms with Gasteiger partial charge in [-0.2, -0.15) is 0 Å². The van der Waals surface area contributed by atoms with Crippen molar-refractivity contribution in [2.45, 2.75) is 38.8 Å². The molecule has 0 bridgehead atoms. The van der Waals surface area contributed by atoms with Gasteiger partial charge >= 0.3 is 0 Å². The SMILES string of the molecule is Cc1nnc(C(C)NCC2CCN(CC(O)c3ccccc3)CC2)o1. The van der Waals surface area contributed by atoms with Crippen molar-refractivity contribution in [3.8, 4) is 0 Å². The Morgan fingerprint density at radius 2 is 1.96 bits per heavy atom. The van der Waals surface area contributed by atoms with Crippen LogP contribution >= 0.6 is 0 Å². The van der Waals surface area contributed by atoms with E-state index >= 15 is 0 Å². The second kappa shape index (κ2) is 8.56. The Bertz CT molecular complexity index is 638. The number of aryl methyl sites for hydroxylation is 1. The Hall–Kier alpha value is -1.76. The maximum Gasteiger partial charge on any atom is 0.233 e. The molecule has 2 atom stereocenters. The van der Waals surface area contributed by atoms with E-state index in [1.54, 1.807) is 0 Å². The number of hydrogen-bond acceptors (Lipinski definition) is 6. The van der Waals surface area contributed by atoms with Crippen LogP contribution < -0.4 is 5.32 Å². The van der Waals surface area contributed by atoms with Crippen LogP contribution in [-0.2, 0) is 0 Å². The highest BCUT2D eigenvalue weighted by Crippen LogP contribution is 2.21. The Kier molecular flexibility index (Phi) is 6.18. The Balaban J connectivity index is 1.38. The molecule has 2 N–H and O–H groups in total. The first-order valence-corrected chi connectivity index (χ1v) is 9.10. The number of rotatable bonds is 7. The zero-order chi connectivity index (χ0) is 17.6. The standard InChI is InChI=1S/C19H28N4O2/c1-14(19-22-21-15(2)25-19)20-12-16-8-10-23(11-9-16)13-18(24)17-6-4-3-5-7-17/h3-7,14,16,18,20,24H,8-13H2,1-2H3. The summed E-state index contributed by atoms with van der Waals surface area (Å²) in [6.07, 6.45) is 1.88. The first-order chi connectivity index (χ1) is 12.1. The van der Waals surface area contributed by atoms with Gasteiger partial charge in [0.1, 0.15) is 0 Å². The van der Waals surface area contributed by atoms with Crippen LogP contribution in [-0.4, -0.2) is 46.4 Å². The number of aromatic nitrogens is 2. The fraction of sp³-hybridized carbons (Fsp3) is 0.579. The molecular formula is C19H28N4O2. The fourth-order valence-electron chi connectivity index (χ4n) is 3.32. The smallest absolute Gasteiger partial charge is 0.233 e. The highest BCUT2D eigenvalue weighted by Gasteiger charge is 2.22. The minimum Gasteiger partial charge on any atom is -0.424 e. The summed E-state index contributed by atoms with van der Waals surface area (Å²) in [7, 11) is 0. The van der Waals surface area contributed by atoms with Gasteiger partial charge in [-0.1, -0.05) is 30.3 Å². The van der Waals surface area contributed by atoms with Crippen molar-refractivity contribution in [2.24, 2.45) is 5.92 Å². The maximum atomic E-state index is 10.4. The largest absolute Gasteiger partial charge is 0.424 e. The van der Waals surface area contributed by atoms with Crippen LogP contribution in [0.2, 0.25) is 0 Å². The Morgan fingerprint density at radius 1 is 1.24 bits per heavy atom. The average molecular weight is 344 g/mol. The topological polar surface area (TPSA) is 74.4 Å². The van der Waals surface area contributed by atoms with Gasteiger partial charge in [0.05, 0.1) is 12.1 Å². The number of piperidine rings is 1. The molecule has 1 saturated heterocycles. The molecule has 1 aromatic heterocycles. The molecule has 25 heavy (non-hydrogen) atoms. The van der Waals surface area contributed by atoms with E-state index in [4.69, 9.17) is 4.42 Å². The molecule has 0 saturated carbocycles. The molecule has 2 heterocycles. The van der Waals surface area contributed by atoms with Crippen molar-refractivity contribution in [1.29, 1.82) is 0 Å². The van der Waals surface area contributed by atoms with Crippen LogP contribution in [0.5, 0.6) is 0 Å². The molecule has 0 radical (unpaired) electrons. The van der Waals surface area contributed by atoms with Crippen LogP contribution in [0.3, 0.4) is 0 Å². The van der Waals surface area contributed by atoms with Crippen LogP contribution in [0.1, 0.15) is 49.3 Å². The summed E-state index contributed by atoms with van der Waals surface area (Å²) in [6, 6.07) is 9.99. The summed E-state index contributed by atoms with van der Waals surface area (Å²) in [6.45, 7) is 7.59. The highest BCUT2D eigenvalue weighted by atomic mass is 16.4. The van der Waals surface area contributed by atoms with E-state index in [0.717, 1.165) is 38.0 Å². The first-order valence-electron chi connectivity index (χ1n) is 9.10. The van der Waals surface area contributed by atoms with Crippen molar-refractivity contribution in [2.75, 3.05) is 26.2 Å². The van der Waals surface area contributed by atoms with Crippen LogP contribution in [0.15, 0.2) is 34.7 Å². The molecule has 2 unspecified atom stereocenters. The minimum atomic E-state index is -0.406. The molecule has 136 valence electrons. The van der Waals surface area contributed by atoms with Gasteiger partial charge in [0.25, 0.3) is 0 Å². The predicted molar refractivity (Wildman–Crippen MR) is 96.0 cm³/mol. The molecule has 2 aromatic rings. The average Bonchev–Trinajstić information content (AvgIpc) is 3.08. The Labute approximate surface area is 149 Å². The van der Waals surface area contributed by atoms with Crippen molar-refractivity contribution in [3.63, 3.8) is 0 Å². The fourth-order valence-corrected chi connectivity index (χ4v) is 3.32. The second-order valence-electron chi connectivity index (χ2n) is 6.96. The van der Waals surface area contributed by atoms with Crippen molar-refractivity contribution in [1.82, 2.24) is 20.4 Å². The van der Waals surface area contributed by atoms with E-state index in [2.05, 4.69) is 27.3 Å². The highest BCUT2D eigenvalue weighted by molar-refractivity contribution is 5.17. The van der Waals surface area contributed by atoms with E-state index < -0.39 is 6.10 Å². The van der Waals surface area contributed by atoms with Crippen molar-refractivity contribution in [3.05, 3.63) is 47.7 Å². The summed E-state index contributed by atoms with van der Waals surface area (Å²) in [5, 5.41) is 21.8. The van der Waals surface area contributed by atoms with Crippen LogP contribution in [0, 0.1) is 12.8 Å². The molecule has 0 aliphatic carbocycles. The van der Waals surface area contributed by atoms with Crippen LogP contribution in [0.25, 0.3) is 0 Å². The normalized spacial score (nSPS) is 19.0. The molecule has 0 amide bonds. The third-order valence-electron chi connectivity index (χ3n) is 4.95. The maximum absolute atomic E-state index is 10.4. The zero-order valence-corrected chi connectivity index (χ0v) is 15.1. The van der Waals surface area contributed by atoms with Gasteiger partial charge in [-0.05, 0) is 50.9 Å². The van der Waals surface area contributed by atoms with E-state index in [1.165, 1.54) is 0 Å². The molecule has 1 aliphatic heterocycles. The van der Waals surface area contributed by atoms with E-state index in [9.17, 15) is 5.11 Å². The number of β-amino-alcohol motifs (C(OH)–C–C–N with tert-alkyl or cyclic N) is 1. The van der Waals surface area contributed by atoms with Gasteiger partial charge in [-0.25, -0.2) is 0 Å². The van der Waals surface area contributed by atoms with Gasteiger partial charge in [-0.15, -0.1) is 10.2 Å². The van der Waals surface area contributed by atoms with Gasteiger partial charge in [0.2, 0.25) is 11.8 Å². The lowest BCUT2D eigenvalue weighted by Gasteiger charge is -2.33. The molecule has 0 spiro atoms. The number of likely N-dealkylation sites (tertiary alicyclic amines) is 1. The lowest BCUT2D eigenvalue weighted by Crippen LogP contribution is -2.39. The molecule has 3 rings (SSSR count). The quantitative estimate of drug-likeness (QED) is 0.804. The molecule has 1 fully saturated rings. The van der Waals surface area contributed by atoms with E-state index in [0.29, 0.717) is 24.2 Å². The summed E-state index contributed by atoms with van der Waals surface area (Å²) in [5.41, 5.74) is 0.995. The molecule has 6 nitrogen and oxygen atoms in total. The number of aliphatic hydroxyl groups excluding tert-OH is 1. The molecule has 1 aliphatic rings. The van der Waals surface area contributed by atoms with E-state index in [1.807, 2.05) is 37.3 Å². The monoisotopic (exact) mass is 344 g/mol. The summed E-state index contributed by atoms with van der Waals surface area (Å²) < 4.78 is 5.47. The Morgan fingerprint density at radius 3 is 2.60 bits per heavy atom.